The van der Waals surface area contributed by atoms with Crippen molar-refractivity contribution in [3.63, 3.8) is 0 Å². The van der Waals surface area contributed by atoms with E-state index in [-0.39, 0.29) is 5.97 Å². The molecule has 22 heavy (non-hydrogen) atoms. The Hall–Kier alpha value is -2.68. The van der Waals surface area contributed by atoms with Crippen LogP contribution in [0.5, 0.6) is 0 Å². The van der Waals surface area contributed by atoms with E-state index in [9.17, 15) is 4.79 Å². The van der Waals surface area contributed by atoms with Crippen molar-refractivity contribution >= 4 is 17.8 Å². The van der Waals surface area contributed by atoms with Gasteiger partial charge in [0.2, 0.25) is 0 Å². The van der Waals surface area contributed by atoms with Crippen LogP contribution in [0.4, 0.5) is 0 Å². The second-order valence-electron chi connectivity index (χ2n) is 5.05. The molecule has 3 heteroatoms. The van der Waals surface area contributed by atoms with Gasteiger partial charge in [-0.05, 0) is 29.7 Å². The number of carbonyl (C=O) groups excluding carboxylic acids is 1. The maximum Gasteiger partial charge on any atom is 0.356 e. The number of hydrogen-bond donors (Lipinski definition) is 0. The lowest BCUT2D eigenvalue weighted by atomic mass is 9.99. The fraction of sp³-hybridized carbons (Fsp3) is 0.158. The molecule has 0 aromatic heterocycles. The number of esters is 1. The summed E-state index contributed by atoms with van der Waals surface area (Å²) in [6.45, 7) is 2.14. The summed E-state index contributed by atoms with van der Waals surface area (Å²) in [7, 11) is 0. The van der Waals surface area contributed by atoms with Gasteiger partial charge in [-0.2, -0.15) is 0 Å². The van der Waals surface area contributed by atoms with Crippen LogP contribution in [0.2, 0.25) is 0 Å². The Morgan fingerprint density at radius 2 is 1.82 bits per heavy atom. The van der Waals surface area contributed by atoms with Crippen molar-refractivity contribution < 1.29 is 9.53 Å². The van der Waals surface area contributed by atoms with Gasteiger partial charge in [0.25, 0.3) is 0 Å². The fourth-order valence-electron chi connectivity index (χ4n) is 2.49. The van der Waals surface area contributed by atoms with Crippen LogP contribution in [0.3, 0.4) is 0 Å². The van der Waals surface area contributed by atoms with E-state index in [4.69, 9.17) is 4.74 Å². The zero-order valence-electron chi connectivity index (χ0n) is 12.5. The SMILES string of the molecule is CCOC(=O)C1=Cc2ccccc2CC(c2ccccc2)=N1. The maximum atomic E-state index is 12.1. The first kappa shape index (κ1) is 14.3. The third-order valence-corrected chi connectivity index (χ3v) is 3.55. The lowest BCUT2D eigenvalue weighted by Crippen LogP contribution is -2.09. The monoisotopic (exact) mass is 291 g/mol. The van der Waals surface area contributed by atoms with Gasteiger partial charge in [-0.15, -0.1) is 0 Å². The Labute approximate surface area is 130 Å². The van der Waals surface area contributed by atoms with Crippen molar-refractivity contribution in [2.75, 3.05) is 6.61 Å². The van der Waals surface area contributed by atoms with E-state index < -0.39 is 0 Å². The van der Waals surface area contributed by atoms with Crippen LogP contribution in [0.1, 0.15) is 23.6 Å². The minimum absolute atomic E-state index is 0.341. The topological polar surface area (TPSA) is 38.7 Å². The van der Waals surface area contributed by atoms with Crippen molar-refractivity contribution in [3.8, 4) is 0 Å². The van der Waals surface area contributed by atoms with E-state index in [1.807, 2.05) is 54.6 Å². The summed E-state index contributed by atoms with van der Waals surface area (Å²) in [6, 6.07) is 18.0. The number of benzene rings is 2. The minimum Gasteiger partial charge on any atom is -0.461 e. The normalized spacial score (nSPS) is 13.5. The largest absolute Gasteiger partial charge is 0.461 e. The molecule has 0 radical (unpaired) electrons. The molecule has 0 unspecified atom stereocenters. The van der Waals surface area contributed by atoms with Crippen LogP contribution in [0, 0.1) is 0 Å². The van der Waals surface area contributed by atoms with Gasteiger partial charge in [0.05, 0.1) is 12.3 Å². The molecular formula is C19H17NO2. The molecule has 3 nitrogen and oxygen atoms in total. The van der Waals surface area contributed by atoms with Gasteiger partial charge in [0.1, 0.15) is 5.70 Å². The molecule has 0 amide bonds. The molecule has 0 fully saturated rings. The number of rotatable bonds is 3. The molecule has 0 spiro atoms. The molecule has 0 N–H and O–H groups in total. The van der Waals surface area contributed by atoms with Crippen molar-refractivity contribution in [1.82, 2.24) is 0 Å². The molecule has 0 bridgehead atoms. The summed E-state index contributed by atoms with van der Waals surface area (Å²) in [5.74, 6) is -0.382. The molecule has 0 saturated heterocycles. The van der Waals surface area contributed by atoms with Crippen LogP contribution in [0.15, 0.2) is 65.3 Å². The summed E-state index contributed by atoms with van der Waals surface area (Å²) < 4.78 is 5.12. The average Bonchev–Trinajstić information content (AvgIpc) is 2.75. The minimum atomic E-state index is -0.382. The quantitative estimate of drug-likeness (QED) is 0.810. The molecule has 2 aromatic carbocycles. The van der Waals surface area contributed by atoms with E-state index in [2.05, 4.69) is 11.1 Å². The molecule has 1 heterocycles. The Morgan fingerprint density at radius 3 is 2.59 bits per heavy atom. The number of carbonyl (C=O) groups is 1. The molecule has 0 saturated carbocycles. The second-order valence-corrected chi connectivity index (χ2v) is 5.05. The highest BCUT2D eigenvalue weighted by molar-refractivity contribution is 6.07. The highest BCUT2D eigenvalue weighted by atomic mass is 16.5. The van der Waals surface area contributed by atoms with Gasteiger partial charge in [-0.25, -0.2) is 9.79 Å². The van der Waals surface area contributed by atoms with Crippen molar-refractivity contribution in [1.29, 1.82) is 0 Å². The summed E-state index contributed by atoms with van der Waals surface area (Å²) >= 11 is 0. The molecular weight excluding hydrogens is 274 g/mol. The number of aliphatic imine (C=N–C) groups is 1. The molecule has 0 aliphatic carbocycles. The number of nitrogens with zero attached hydrogens (tertiary/aromatic N) is 1. The van der Waals surface area contributed by atoms with Gasteiger partial charge < -0.3 is 4.74 Å². The van der Waals surface area contributed by atoms with Crippen molar-refractivity contribution in [2.24, 2.45) is 4.99 Å². The van der Waals surface area contributed by atoms with Gasteiger partial charge in [-0.3, -0.25) is 0 Å². The highest BCUT2D eigenvalue weighted by Crippen LogP contribution is 2.22. The molecule has 2 aromatic rings. The Balaban J connectivity index is 2.09. The van der Waals surface area contributed by atoms with E-state index in [1.54, 1.807) is 6.92 Å². The third-order valence-electron chi connectivity index (χ3n) is 3.55. The lowest BCUT2D eigenvalue weighted by Gasteiger charge is -2.07. The van der Waals surface area contributed by atoms with Crippen LogP contribution < -0.4 is 0 Å². The summed E-state index contributed by atoms with van der Waals surface area (Å²) in [5, 5.41) is 0. The average molecular weight is 291 g/mol. The van der Waals surface area contributed by atoms with E-state index in [0.29, 0.717) is 18.7 Å². The Kier molecular flexibility index (Phi) is 4.15. The van der Waals surface area contributed by atoms with Crippen LogP contribution in [0.25, 0.3) is 6.08 Å². The Morgan fingerprint density at radius 1 is 1.09 bits per heavy atom. The first-order valence-corrected chi connectivity index (χ1v) is 7.37. The third kappa shape index (κ3) is 2.98. The summed E-state index contributed by atoms with van der Waals surface area (Å²) in [4.78, 5) is 16.7. The van der Waals surface area contributed by atoms with Gasteiger partial charge >= 0.3 is 5.97 Å². The molecule has 1 aliphatic heterocycles. The van der Waals surface area contributed by atoms with Crippen LogP contribution >= 0.6 is 0 Å². The predicted octanol–water partition coefficient (Wildman–Crippen LogP) is 3.64. The lowest BCUT2D eigenvalue weighted by molar-refractivity contribution is -0.138. The first-order valence-electron chi connectivity index (χ1n) is 7.37. The zero-order chi connectivity index (χ0) is 15.4. The van der Waals surface area contributed by atoms with E-state index in [0.717, 1.165) is 22.4 Å². The van der Waals surface area contributed by atoms with Gasteiger partial charge in [0.15, 0.2) is 0 Å². The van der Waals surface area contributed by atoms with Gasteiger partial charge in [0, 0.05) is 6.42 Å². The smallest absolute Gasteiger partial charge is 0.356 e. The molecule has 0 atom stereocenters. The van der Waals surface area contributed by atoms with E-state index >= 15 is 0 Å². The number of fused-ring (bicyclic) bond motifs is 1. The summed E-state index contributed by atoms with van der Waals surface area (Å²) in [5.41, 5.74) is 4.43. The summed E-state index contributed by atoms with van der Waals surface area (Å²) in [6.07, 6.45) is 2.50. The zero-order valence-corrected chi connectivity index (χ0v) is 12.5. The molecule has 1 aliphatic rings. The second kappa shape index (κ2) is 6.39. The van der Waals surface area contributed by atoms with Crippen molar-refractivity contribution in [2.45, 2.75) is 13.3 Å². The molecule has 110 valence electrons. The van der Waals surface area contributed by atoms with Crippen molar-refractivity contribution in [3.05, 3.63) is 77.0 Å². The van der Waals surface area contributed by atoms with Gasteiger partial charge in [-0.1, -0.05) is 54.6 Å². The Bertz CT molecular complexity index is 745. The number of ether oxygens (including phenoxy) is 1. The predicted molar refractivity (Wildman–Crippen MR) is 87.7 cm³/mol. The van der Waals surface area contributed by atoms with Crippen LogP contribution in [-0.4, -0.2) is 18.3 Å². The number of hydrogen-bond acceptors (Lipinski definition) is 3. The standard InChI is InChI=1S/C19H17NO2/c1-2-22-19(21)18-13-16-11-7-6-10-15(16)12-17(20-18)14-8-4-3-5-9-14/h3-11,13H,2,12H2,1H3. The highest BCUT2D eigenvalue weighted by Gasteiger charge is 2.17. The first-order chi connectivity index (χ1) is 10.8. The fourth-order valence-corrected chi connectivity index (χ4v) is 2.49. The molecule has 3 rings (SSSR count). The van der Waals surface area contributed by atoms with Crippen LogP contribution in [-0.2, 0) is 16.0 Å². The van der Waals surface area contributed by atoms with E-state index in [1.165, 1.54) is 0 Å². The maximum absolute atomic E-state index is 12.1.